The van der Waals surface area contributed by atoms with Gasteiger partial charge in [0, 0.05) is 18.3 Å². The van der Waals surface area contributed by atoms with Crippen LogP contribution in [0.25, 0.3) is 12.2 Å². The Kier molecular flexibility index (Phi) is 11.3. The van der Waals surface area contributed by atoms with Gasteiger partial charge in [-0.05, 0) is 47.9 Å². The smallest absolute Gasteiger partial charge is 0.302 e. The van der Waals surface area contributed by atoms with Crippen molar-refractivity contribution in [3.8, 4) is 0 Å². The maximum atomic E-state index is 10.5. The molecule has 0 N–H and O–H groups in total. The summed E-state index contributed by atoms with van der Waals surface area (Å²) in [6.45, 7) is 5.51. The van der Waals surface area contributed by atoms with E-state index < -0.39 is 0 Å². The molecule has 4 nitrogen and oxygen atoms in total. The van der Waals surface area contributed by atoms with Gasteiger partial charge in [0.05, 0.1) is 0 Å². The summed E-state index contributed by atoms with van der Waals surface area (Å²) < 4.78 is 10.6. The van der Waals surface area contributed by atoms with Crippen LogP contribution >= 0.6 is 15.9 Å². The topological polar surface area (TPSA) is 52.6 Å². The molecule has 2 rings (SSSR count). The third-order valence-corrected chi connectivity index (χ3v) is 3.96. The van der Waals surface area contributed by atoms with E-state index in [9.17, 15) is 9.59 Å². The van der Waals surface area contributed by atoms with E-state index in [-0.39, 0.29) is 11.9 Å². The van der Waals surface area contributed by atoms with Gasteiger partial charge in [0.1, 0.15) is 13.2 Å². The predicted octanol–water partition coefficient (Wildman–Crippen LogP) is 5.60. The van der Waals surface area contributed by atoms with Gasteiger partial charge in [-0.15, -0.1) is 0 Å². The first-order chi connectivity index (χ1) is 13.4. The molecule has 0 saturated carbocycles. The first-order valence-corrected chi connectivity index (χ1v) is 9.59. The fraction of sp³-hybridized carbons (Fsp3) is 0.217. The fourth-order valence-corrected chi connectivity index (χ4v) is 2.30. The average Bonchev–Trinajstić information content (AvgIpc) is 2.65. The minimum atomic E-state index is -0.259. The number of rotatable bonds is 6. The summed E-state index contributed by atoms with van der Waals surface area (Å²) in [6, 6.07) is 15.9. The Bertz CT molecular complexity index is 808. The van der Waals surface area contributed by atoms with Crippen LogP contribution in [0.1, 0.15) is 30.5 Å². The molecule has 0 spiro atoms. The zero-order valence-electron chi connectivity index (χ0n) is 16.4. The van der Waals surface area contributed by atoms with Crippen LogP contribution in [0.15, 0.2) is 65.2 Å². The molecule has 0 atom stereocenters. The molecule has 0 fully saturated rings. The maximum absolute atomic E-state index is 10.5. The van der Waals surface area contributed by atoms with Gasteiger partial charge in [-0.3, -0.25) is 9.59 Å². The SMILES string of the molecule is CC(=O)OCC=Cc1ccc(Br)cc1.CC(=O)OCC=Cc1ccccc1C. The standard InChI is InChI=1S/C12H14O2.C11H11BrO2/c1-10-6-3-4-7-12(10)8-5-9-14-11(2)13;1-9(13)14-8-2-3-10-4-6-11(12)7-5-10/h3-8H,9H2,1-2H3;2-7H,8H2,1H3. The second-order valence-corrected chi connectivity index (χ2v) is 6.73. The summed E-state index contributed by atoms with van der Waals surface area (Å²) in [6.07, 6.45) is 7.52. The van der Waals surface area contributed by atoms with Crippen LogP contribution in [0, 0.1) is 6.92 Å². The number of ether oxygens (including phenoxy) is 2. The lowest BCUT2D eigenvalue weighted by atomic mass is 10.1. The molecule has 0 aromatic heterocycles. The van der Waals surface area contributed by atoms with Gasteiger partial charge in [0.15, 0.2) is 0 Å². The van der Waals surface area contributed by atoms with E-state index in [1.165, 1.54) is 19.4 Å². The molecule has 28 heavy (non-hydrogen) atoms. The first-order valence-electron chi connectivity index (χ1n) is 8.79. The maximum Gasteiger partial charge on any atom is 0.302 e. The number of aryl methyl sites for hydroxylation is 1. The molecule has 148 valence electrons. The fourth-order valence-electron chi connectivity index (χ4n) is 2.04. The highest BCUT2D eigenvalue weighted by atomic mass is 79.9. The van der Waals surface area contributed by atoms with Crippen molar-refractivity contribution < 1.29 is 19.1 Å². The first kappa shape index (κ1) is 23.4. The summed E-state index contributed by atoms with van der Waals surface area (Å²) in [4.78, 5) is 20.9. The lowest BCUT2D eigenvalue weighted by Crippen LogP contribution is -1.97. The third-order valence-electron chi connectivity index (χ3n) is 3.43. The van der Waals surface area contributed by atoms with Crippen molar-refractivity contribution in [2.45, 2.75) is 20.8 Å². The molecule has 2 aromatic rings. The minimum absolute atomic E-state index is 0.251. The number of carbonyl (C=O) groups excluding carboxylic acids is 2. The van der Waals surface area contributed by atoms with Crippen molar-refractivity contribution in [3.05, 3.63) is 81.8 Å². The van der Waals surface area contributed by atoms with Crippen molar-refractivity contribution in [2.24, 2.45) is 0 Å². The van der Waals surface area contributed by atoms with E-state index in [4.69, 9.17) is 9.47 Å². The zero-order valence-corrected chi connectivity index (χ0v) is 17.9. The van der Waals surface area contributed by atoms with Crippen molar-refractivity contribution in [1.82, 2.24) is 0 Å². The van der Waals surface area contributed by atoms with Crippen LogP contribution in [0.2, 0.25) is 0 Å². The number of benzene rings is 2. The summed E-state index contributed by atoms with van der Waals surface area (Å²) in [5, 5.41) is 0. The summed E-state index contributed by atoms with van der Waals surface area (Å²) in [5.74, 6) is -0.509. The molecule has 0 radical (unpaired) electrons. The molecular formula is C23H25BrO4. The number of hydrogen-bond acceptors (Lipinski definition) is 4. The van der Waals surface area contributed by atoms with Crippen molar-refractivity contribution in [2.75, 3.05) is 13.2 Å². The Morgan fingerprint density at radius 1 is 0.857 bits per heavy atom. The van der Waals surface area contributed by atoms with Gasteiger partial charge in [0.2, 0.25) is 0 Å². The molecule has 0 aliphatic carbocycles. The lowest BCUT2D eigenvalue weighted by Gasteiger charge is -1.98. The number of hydrogen-bond donors (Lipinski definition) is 0. The Labute approximate surface area is 175 Å². The molecule has 5 heteroatoms. The van der Waals surface area contributed by atoms with Crippen molar-refractivity contribution in [1.29, 1.82) is 0 Å². The highest BCUT2D eigenvalue weighted by molar-refractivity contribution is 9.10. The second kappa shape index (κ2) is 13.5. The molecule has 0 aliphatic rings. The molecular weight excluding hydrogens is 420 g/mol. The summed E-state index contributed by atoms with van der Waals surface area (Å²) >= 11 is 3.35. The lowest BCUT2D eigenvalue weighted by molar-refractivity contribution is -0.140. The third kappa shape index (κ3) is 11.1. The molecule has 2 aromatic carbocycles. The van der Waals surface area contributed by atoms with E-state index in [1.54, 1.807) is 0 Å². The van der Waals surface area contributed by atoms with Crippen LogP contribution < -0.4 is 0 Å². The Morgan fingerprint density at radius 2 is 1.39 bits per heavy atom. The molecule has 0 aliphatic heterocycles. The minimum Gasteiger partial charge on any atom is -0.462 e. The highest BCUT2D eigenvalue weighted by Crippen LogP contribution is 2.11. The van der Waals surface area contributed by atoms with Gasteiger partial charge in [-0.1, -0.05) is 64.5 Å². The normalized spacial score (nSPS) is 10.4. The number of carbonyl (C=O) groups is 2. The van der Waals surface area contributed by atoms with Gasteiger partial charge in [-0.25, -0.2) is 0 Å². The van der Waals surface area contributed by atoms with Gasteiger partial charge < -0.3 is 9.47 Å². The van der Waals surface area contributed by atoms with Crippen LogP contribution in [0.5, 0.6) is 0 Å². The van der Waals surface area contributed by atoms with Crippen LogP contribution in [0.3, 0.4) is 0 Å². The molecule has 0 heterocycles. The summed E-state index contributed by atoms with van der Waals surface area (Å²) in [5.41, 5.74) is 3.45. The van der Waals surface area contributed by atoms with Crippen LogP contribution in [0.4, 0.5) is 0 Å². The zero-order chi connectivity index (χ0) is 20.8. The van der Waals surface area contributed by atoms with E-state index in [1.807, 2.05) is 79.8 Å². The monoisotopic (exact) mass is 444 g/mol. The Morgan fingerprint density at radius 3 is 1.93 bits per heavy atom. The Balaban J connectivity index is 0.000000280. The predicted molar refractivity (Wildman–Crippen MR) is 117 cm³/mol. The van der Waals surface area contributed by atoms with Crippen LogP contribution in [-0.4, -0.2) is 25.2 Å². The number of halogens is 1. The quantitative estimate of drug-likeness (QED) is 0.544. The second-order valence-electron chi connectivity index (χ2n) is 5.82. The molecule has 0 saturated heterocycles. The average molecular weight is 445 g/mol. The van der Waals surface area contributed by atoms with Crippen molar-refractivity contribution in [3.63, 3.8) is 0 Å². The van der Waals surface area contributed by atoms with Crippen molar-refractivity contribution >= 4 is 40.0 Å². The molecule has 0 unspecified atom stereocenters. The van der Waals surface area contributed by atoms with Gasteiger partial charge >= 0.3 is 11.9 Å². The van der Waals surface area contributed by atoms with Gasteiger partial charge in [0.25, 0.3) is 0 Å². The Hall–Kier alpha value is -2.66. The molecule has 0 bridgehead atoms. The van der Waals surface area contributed by atoms with E-state index in [0.717, 1.165) is 15.6 Å². The molecule has 0 amide bonds. The van der Waals surface area contributed by atoms with E-state index in [0.29, 0.717) is 13.2 Å². The van der Waals surface area contributed by atoms with Gasteiger partial charge in [-0.2, -0.15) is 0 Å². The van der Waals surface area contributed by atoms with Crippen LogP contribution in [-0.2, 0) is 19.1 Å². The van der Waals surface area contributed by atoms with E-state index >= 15 is 0 Å². The highest BCUT2D eigenvalue weighted by Gasteiger charge is 1.91. The number of esters is 2. The largest absolute Gasteiger partial charge is 0.462 e. The van der Waals surface area contributed by atoms with E-state index in [2.05, 4.69) is 15.9 Å². The summed E-state index contributed by atoms with van der Waals surface area (Å²) in [7, 11) is 0.